The molecule has 62 valence electrons. The third-order valence-corrected chi connectivity index (χ3v) is 1.91. The second-order valence-corrected chi connectivity index (χ2v) is 5.57. The topological polar surface area (TPSA) is 49.6 Å². The van der Waals surface area contributed by atoms with E-state index in [1.165, 1.54) is 6.20 Å². The fraction of sp³-hybridized carbons (Fsp3) is 0.375. The molecule has 1 heterocycles. The molecule has 0 aromatic carbocycles. The van der Waals surface area contributed by atoms with Crippen molar-refractivity contribution in [2.45, 2.75) is 17.3 Å². The van der Waals surface area contributed by atoms with Crippen LogP contribution in [0.4, 0.5) is 0 Å². The summed E-state index contributed by atoms with van der Waals surface area (Å²) < 4.78 is -0.0718. The van der Waals surface area contributed by atoms with Gasteiger partial charge in [-0.15, -0.1) is 0 Å². The fourth-order valence-electron chi connectivity index (χ4n) is 0.706. The molecule has 0 spiro atoms. The Balaban J connectivity index is 3.13. The van der Waals surface area contributed by atoms with Gasteiger partial charge in [0.1, 0.15) is 6.07 Å². The Bertz CT molecular complexity index is 322. The number of aromatic nitrogens is 2. The molecule has 0 atom stereocenters. The second kappa shape index (κ2) is 3.35. The predicted molar refractivity (Wildman–Crippen MR) is 53.8 cm³/mol. The maximum atomic E-state index is 8.57. The Morgan fingerprint density at radius 1 is 1.50 bits per heavy atom. The van der Waals surface area contributed by atoms with Gasteiger partial charge in [-0.2, -0.15) is 5.26 Å². The zero-order valence-electron chi connectivity index (χ0n) is 6.87. The van der Waals surface area contributed by atoms with Gasteiger partial charge in [0.15, 0.2) is 5.69 Å². The Morgan fingerprint density at radius 3 is 2.67 bits per heavy atom. The Morgan fingerprint density at radius 2 is 2.17 bits per heavy atom. The number of rotatable bonds is 1. The highest BCUT2D eigenvalue weighted by Gasteiger charge is 2.17. The molecule has 1 aromatic heterocycles. The van der Waals surface area contributed by atoms with Gasteiger partial charge >= 0.3 is 0 Å². The smallest absolute Gasteiger partial charge is 0.159 e. The Labute approximate surface area is 85.0 Å². The van der Waals surface area contributed by atoms with Crippen LogP contribution in [0.2, 0.25) is 0 Å². The van der Waals surface area contributed by atoms with Crippen LogP contribution >= 0.6 is 22.6 Å². The van der Waals surface area contributed by atoms with E-state index in [-0.39, 0.29) is 3.42 Å². The lowest BCUT2D eigenvalue weighted by molar-refractivity contribution is 0.774. The first kappa shape index (κ1) is 9.39. The highest BCUT2D eigenvalue weighted by Crippen LogP contribution is 2.27. The summed E-state index contributed by atoms with van der Waals surface area (Å²) >= 11 is 2.26. The summed E-state index contributed by atoms with van der Waals surface area (Å²) in [5.74, 6) is 0. The fourth-order valence-corrected chi connectivity index (χ4v) is 0.966. The van der Waals surface area contributed by atoms with Crippen LogP contribution in [0, 0.1) is 11.3 Å². The minimum atomic E-state index is -0.0718. The molecule has 0 aliphatic rings. The van der Waals surface area contributed by atoms with Crippen LogP contribution in [-0.2, 0) is 3.42 Å². The summed E-state index contributed by atoms with van der Waals surface area (Å²) in [6, 6.07) is 1.96. The summed E-state index contributed by atoms with van der Waals surface area (Å²) in [7, 11) is 0. The van der Waals surface area contributed by atoms with Gasteiger partial charge in [0.2, 0.25) is 0 Å². The number of alkyl halides is 1. The van der Waals surface area contributed by atoms with E-state index >= 15 is 0 Å². The first-order valence-electron chi connectivity index (χ1n) is 3.45. The van der Waals surface area contributed by atoms with Gasteiger partial charge in [-0.3, -0.25) is 4.98 Å². The average molecular weight is 273 g/mol. The molecule has 12 heavy (non-hydrogen) atoms. The molecule has 0 saturated carbocycles. The third-order valence-electron chi connectivity index (χ3n) is 1.36. The normalized spacial score (nSPS) is 10.8. The average Bonchev–Trinajstić information content (AvgIpc) is 2.03. The molecule has 0 radical (unpaired) electrons. The molecule has 0 N–H and O–H groups in total. The summed E-state index contributed by atoms with van der Waals surface area (Å²) in [6.45, 7) is 4.05. The van der Waals surface area contributed by atoms with Crippen LogP contribution in [0.15, 0.2) is 12.4 Å². The number of hydrogen-bond donors (Lipinski definition) is 0. The molecule has 1 aromatic rings. The summed E-state index contributed by atoms with van der Waals surface area (Å²) in [4.78, 5) is 8.06. The number of nitriles is 1. The number of halogens is 1. The standard InChI is InChI=1S/C8H8IN3/c1-8(2,9)7-5-11-4-6(3-10)12-7/h4-5H,1-2H3. The van der Waals surface area contributed by atoms with Gasteiger partial charge < -0.3 is 0 Å². The first-order valence-corrected chi connectivity index (χ1v) is 4.53. The number of nitrogens with zero attached hydrogens (tertiary/aromatic N) is 3. The van der Waals surface area contributed by atoms with E-state index in [1.54, 1.807) is 6.20 Å². The molecular formula is C8H8IN3. The van der Waals surface area contributed by atoms with Crippen molar-refractivity contribution >= 4 is 22.6 Å². The maximum Gasteiger partial charge on any atom is 0.159 e. The highest BCUT2D eigenvalue weighted by molar-refractivity contribution is 14.1. The van der Waals surface area contributed by atoms with Gasteiger partial charge in [-0.25, -0.2) is 4.98 Å². The van der Waals surface area contributed by atoms with Crippen LogP contribution in [0.25, 0.3) is 0 Å². The van der Waals surface area contributed by atoms with Crippen LogP contribution in [0.1, 0.15) is 25.2 Å². The van der Waals surface area contributed by atoms with Gasteiger partial charge in [0.05, 0.1) is 15.3 Å². The van der Waals surface area contributed by atoms with E-state index in [2.05, 4.69) is 32.6 Å². The number of hydrogen-bond acceptors (Lipinski definition) is 3. The van der Waals surface area contributed by atoms with E-state index in [0.717, 1.165) is 5.69 Å². The molecule has 4 heteroatoms. The Kier molecular flexibility index (Phi) is 2.62. The van der Waals surface area contributed by atoms with Crippen molar-refractivity contribution in [2.24, 2.45) is 0 Å². The van der Waals surface area contributed by atoms with Gasteiger partial charge in [0.25, 0.3) is 0 Å². The van der Waals surface area contributed by atoms with Crippen molar-refractivity contribution in [1.29, 1.82) is 5.26 Å². The predicted octanol–water partition coefficient (Wildman–Crippen LogP) is 2.02. The second-order valence-electron chi connectivity index (χ2n) is 2.87. The highest BCUT2D eigenvalue weighted by atomic mass is 127. The van der Waals surface area contributed by atoms with Gasteiger partial charge in [0, 0.05) is 6.20 Å². The maximum absolute atomic E-state index is 8.57. The molecule has 0 fully saturated rings. The molecule has 0 amide bonds. The van der Waals surface area contributed by atoms with Gasteiger partial charge in [-0.1, -0.05) is 22.6 Å². The van der Waals surface area contributed by atoms with E-state index in [4.69, 9.17) is 5.26 Å². The lowest BCUT2D eigenvalue weighted by Gasteiger charge is -2.14. The quantitative estimate of drug-likeness (QED) is 0.581. The zero-order chi connectivity index (χ0) is 9.19. The van der Waals surface area contributed by atoms with Crippen LogP contribution in [-0.4, -0.2) is 9.97 Å². The minimum absolute atomic E-state index is 0.0718. The van der Waals surface area contributed by atoms with Gasteiger partial charge in [-0.05, 0) is 13.8 Å². The van der Waals surface area contributed by atoms with E-state index in [9.17, 15) is 0 Å². The molecule has 3 nitrogen and oxygen atoms in total. The largest absolute Gasteiger partial charge is 0.260 e. The lowest BCUT2D eigenvalue weighted by atomic mass is 10.1. The van der Waals surface area contributed by atoms with E-state index < -0.39 is 0 Å². The molecular weight excluding hydrogens is 265 g/mol. The third kappa shape index (κ3) is 2.14. The SMILES string of the molecule is CC(C)(I)c1cncc(C#N)n1. The van der Waals surface area contributed by atoms with Crippen LogP contribution in [0.5, 0.6) is 0 Å². The zero-order valence-corrected chi connectivity index (χ0v) is 9.03. The molecule has 1 rings (SSSR count). The minimum Gasteiger partial charge on any atom is -0.260 e. The van der Waals surface area contributed by atoms with Crippen molar-refractivity contribution in [3.8, 4) is 6.07 Å². The van der Waals surface area contributed by atoms with Crippen molar-refractivity contribution in [3.05, 3.63) is 23.8 Å². The molecule has 0 saturated heterocycles. The summed E-state index contributed by atoms with van der Waals surface area (Å²) in [5.41, 5.74) is 1.21. The monoisotopic (exact) mass is 273 g/mol. The Hall–Kier alpha value is -0.700. The lowest BCUT2D eigenvalue weighted by Crippen LogP contribution is -2.10. The molecule has 0 aliphatic heterocycles. The van der Waals surface area contributed by atoms with Crippen LogP contribution in [0.3, 0.4) is 0 Å². The first-order chi connectivity index (χ1) is 5.54. The van der Waals surface area contributed by atoms with Crippen molar-refractivity contribution in [1.82, 2.24) is 9.97 Å². The van der Waals surface area contributed by atoms with Crippen molar-refractivity contribution in [3.63, 3.8) is 0 Å². The van der Waals surface area contributed by atoms with E-state index in [1.807, 2.05) is 19.9 Å². The van der Waals surface area contributed by atoms with Crippen LogP contribution < -0.4 is 0 Å². The molecule has 0 bridgehead atoms. The molecule has 0 aliphatic carbocycles. The summed E-state index contributed by atoms with van der Waals surface area (Å²) in [5, 5.41) is 8.57. The molecule has 0 unspecified atom stereocenters. The summed E-state index contributed by atoms with van der Waals surface area (Å²) in [6.07, 6.45) is 3.15. The van der Waals surface area contributed by atoms with E-state index in [0.29, 0.717) is 5.69 Å². The van der Waals surface area contributed by atoms with Crippen molar-refractivity contribution in [2.75, 3.05) is 0 Å². The van der Waals surface area contributed by atoms with Crippen molar-refractivity contribution < 1.29 is 0 Å².